The molecule has 1 aromatic heterocycles. The molecule has 0 aliphatic carbocycles. The first kappa shape index (κ1) is 19.4. The van der Waals surface area contributed by atoms with Crippen LogP contribution in [-0.2, 0) is 12.5 Å². The Morgan fingerprint density at radius 2 is 1.38 bits per heavy atom. The second kappa shape index (κ2) is 7.15. The second-order valence-corrected chi connectivity index (χ2v) is 9.21. The molecule has 0 aliphatic heterocycles. The summed E-state index contributed by atoms with van der Waals surface area (Å²) in [5.41, 5.74) is 9.22. The van der Waals surface area contributed by atoms with E-state index in [1.165, 1.54) is 49.8 Å². The molecular weight excluding hydrogens is 350 g/mol. The quantitative estimate of drug-likeness (QED) is 0.333. The maximum Gasteiger partial charge on any atom is 0.213 e. The van der Waals surface area contributed by atoms with Crippen LogP contribution in [0.25, 0.3) is 33.2 Å². The molecule has 146 valence electrons. The molecule has 0 fully saturated rings. The van der Waals surface area contributed by atoms with Gasteiger partial charge in [-0.15, -0.1) is 0 Å². The van der Waals surface area contributed by atoms with Gasteiger partial charge in [0, 0.05) is 17.2 Å². The SMILES string of the molecule is Cc1c[n+](C)c(-c2ccccc2C)cc1-c1ccc2cc(C(C)(C)C)ccc2c1. The molecule has 0 N–H and O–H groups in total. The smallest absolute Gasteiger partial charge is 0.201 e. The molecular formula is C28H30N+. The van der Waals surface area contributed by atoms with Gasteiger partial charge in [0.25, 0.3) is 0 Å². The fourth-order valence-corrected chi connectivity index (χ4v) is 4.10. The van der Waals surface area contributed by atoms with Crippen molar-refractivity contribution in [2.45, 2.75) is 40.0 Å². The summed E-state index contributed by atoms with van der Waals surface area (Å²) >= 11 is 0. The van der Waals surface area contributed by atoms with Crippen molar-refractivity contribution in [1.29, 1.82) is 0 Å². The molecule has 0 amide bonds. The fourth-order valence-electron chi connectivity index (χ4n) is 4.10. The van der Waals surface area contributed by atoms with Crippen LogP contribution in [0.2, 0.25) is 0 Å². The molecule has 0 radical (unpaired) electrons. The van der Waals surface area contributed by atoms with Gasteiger partial charge in [-0.05, 0) is 64.4 Å². The molecule has 4 aromatic rings. The minimum absolute atomic E-state index is 0.167. The summed E-state index contributed by atoms with van der Waals surface area (Å²) in [6, 6.07) is 24.6. The maximum absolute atomic E-state index is 2.34. The maximum atomic E-state index is 2.34. The van der Waals surface area contributed by atoms with Gasteiger partial charge < -0.3 is 0 Å². The minimum Gasteiger partial charge on any atom is -0.201 e. The molecule has 0 saturated heterocycles. The number of aryl methyl sites for hydroxylation is 3. The third-order valence-corrected chi connectivity index (χ3v) is 5.91. The lowest BCUT2D eigenvalue weighted by Gasteiger charge is -2.19. The van der Waals surface area contributed by atoms with Crippen LogP contribution >= 0.6 is 0 Å². The minimum atomic E-state index is 0.167. The van der Waals surface area contributed by atoms with Crippen LogP contribution in [0.3, 0.4) is 0 Å². The first-order chi connectivity index (χ1) is 13.7. The van der Waals surface area contributed by atoms with Gasteiger partial charge in [-0.3, -0.25) is 0 Å². The number of benzene rings is 3. The Kier molecular flexibility index (Phi) is 4.78. The Hall–Kier alpha value is -2.93. The molecule has 1 heterocycles. The van der Waals surface area contributed by atoms with Gasteiger partial charge in [0.2, 0.25) is 5.69 Å². The lowest BCUT2D eigenvalue weighted by molar-refractivity contribution is -0.660. The Labute approximate surface area is 174 Å². The molecule has 1 heteroatoms. The molecule has 0 saturated carbocycles. The highest BCUT2D eigenvalue weighted by molar-refractivity contribution is 5.89. The van der Waals surface area contributed by atoms with Crippen LogP contribution in [0, 0.1) is 13.8 Å². The number of rotatable bonds is 2. The van der Waals surface area contributed by atoms with Gasteiger partial charge in [0.1, 0.15) is 7.05 Å². The Balaban J connectivity index is 1.85. The summed E-state index contributed by atoms with van der Waals surface area (Å²) in [7, 11) is 2.13. The lowest BCUT2D eigenvalue weighted by Crippen LogP contribution is -2.31. The van der Waals surface area contributed by atoms with Crippen molar-refractivity contribution < 1.29 is 4.57 Å². The Morgan fingerprint density at radius 3 is 2.10 bits per heavy atom. The topological polar surface area (TPSA) is 3.88 Å². The molecule has 0 aliphatic rings. The predicted molar refractivity (Wildman–Crippen MR) is 124 cm³/mol. The van der Waals surface area contributed by atoms with E-state index in [1.807, 2.05) is 0 Å². The number of hydrogen-bond donors (Lipinski definition) is 0. The van der Waals surface area contributed by atoms with E-state index < -0.39 is 0 Å². The van der Waals surface area contributed by atoms with Crippen molar-refractivity contribution in [2.24, 2.45) is 7.05 Å². The average Bonchev–Trinajstić information content (AvgIpc) is 2.67. The van der Waals surface area contributed by atoms with E-state index in [-0.39, 0.29) is 5.41 Å². The third-order valence-electron chi connectivity index (χ3n) is 5.91. The molecule has 3 aromatic carbocycles. The van der Waals surface area contributed by atoms with Gasteiger partial charge >= 0.3 is 0 Å². The van der Waals surface area contributed by atoms with E-state index in [4.69, 9.17) is 0 Å². The number of fused-ring (bicyclic) bond motifs is 1. The lowest BCUT2D eigenvalue weighted by atomic mass is 9.85. The summed E-state index contributed by atoms with van der Waals surface area (Å²) in [4.78, 5) is 0. The van der Waals surface area contributed by atoms with Crippen molar-refractivity contribution in [3.05, 3.63) is 89.6 Å². The summed E-state index contributed by atoms with van der Waals surface area (Å²) < 4.78 is 2.23. The van der Waals surface area contributed by atoms with Gasteiger partial charge in [-0.1, -0.05) is 69.3 Å². The highest BCUT2D eigenvalue weighted by Gasteiger charge is 2.17. The van der Waals surface area contributed by atoms with Crippen LogP contribution in [0.1, 0.15) is 37.5 Å². The van der Waals surface area contributed by atoms with Gasteiger partial charge in [0.15, 0.2) is 6.20 Å². The van der Waals surface area contributed by atoms with Crippen molar-refractivity contribution in [1.82, 2.24) is 0 Å². The molecule has 0 spiro atoms. The largest absolute Gasteiger partial charge is 0.213 e. The number of nitrogens with zero attached hydrogens (tertiary/aromatic N) is 1. The van der Waals surface area contributed by atoms with E-state index in [1.54, 1.807) is 0 Å². The first-order valence-corrected chi connectivity index (χ1v) is 10.3. The molecule has 0 unspecified atom stereocenters. The average molecular weight is 381 g/mol. The molecule has 1 nitrogen and oxygen atoms in total. The predicted octanol–water partition coefficient (Wildman–Crippen LogP) is 6.91. The van der Waals surface area contributed by atoms with E-state index in [0.717, 1.165) is 0 Å². The van der Waals surface area contributed by atoms with Crippen molar-refractivity contribution in [3.8, 4) is 22.4 Å². The van der Waals surface area contributed by atoms with Crippen molar-refractivity contribution >= 4 is 10.8 Å². The summed E-state index contributed by atoms with van der Waals surface area (Å²) in [5, 5.41) is 2.60. The van der Waals surface area contributed by atoms with E-state index in [9.17, 15) is 0 Å². The zero-order valence-electron chi connectivity index (χ0n) is 18.4. The highest BCUT2D eigenvalue weighted by Crippen LogP contribution is 2.32. The standard InChI is InChI=1S/C28H30N/c1-19-9-7-8-10-25(19)27-17-26(20(2)18-29(27)6)23-12-11-22-16-24(28(3,4)5)14-13-21(22)15-23/h7-18H,1-6H3/q+1. The van der Waals surface area contributed by atoms with Crippen LogP contribution in [0.15, 0.2) is 72.9 Å². The van der Waals surface area contributed by atoms with E-state index in [0.29, 0.717) is 0 Å². The van der Waals surface area contributed by atoms with E-state index >= 15 is 0 Å². The normalized spacial score (nSPS) is 11.8. The fraction of sp³-hybridized carbons (Fsp3) is 0.250. The summed E-state index contributed by atoms with van der Waals surface area (Å²) in [6.07, 6.45) is 2.24. The molecule has 0 atom stereocenters. The van der Waals surface area contributed by atoms with Crippen LogP contribution in [0.5, 0.6) is 0 Å². The number of hydrogen-bond acceptors (Lipinski definition) is 0. The van der Waals surface area contributed by atoms with Crippen LogP contribution in [0.4, 0.5) is 0 Å². The zero-order valence-corrected chi connectivity index (χ0v) is 18.4. The van der Waals surface area contributed by atoms with Crippen LogP contribution in [-0.4, -0.2) is 0 Å². The van der Waals surface area contributed by atoms with Crippen molar-refractivity contribution in [3.63, 3.8) is 0 Å². The molecule has 4 rings (SSSR count). The van der Waals surface area contributed by atoms with E-state index in [2.05, 4.69) is 119 Å². The number of pyridine rings is 1. The number of aromatic nitrogens is 1. The second-order valence-electron chi connectivity index (χ2n) is 9.21. The highest BCUT2D eigenvalue weighted by atomic mass is 14.9. The zero-order chi connectivity index (χ0) is 20.8. The van der Waals surface area contributed by atoms with Gasteiger partial charge in [-0.25, -0.2) is 4.57 Å². The third kappa shape index (κ3) is 3.70. The summed E-state index contributed by atoms with van der Waals surface area (Å²) in [5.74, 6) is 0. The summed E-state index contributed by atoms with van der Waals surface area (Å²) in [6.45, 7) is 11.2. The first-order valence-electron chi connectivity index (χ1n) is 10.3. The molecule has 0 bridgehead atoms. The molecule has 29 heavy (non-hydrogen) atoms. The van der Waals surface area contributed by atoms with Gasteiger partial charge in [-0.2, -0.15) is 0 Å². The Bertz CT molecular complexity index is 1210. The monoisotopic (exact) mass is 380 g/mol. The van der Waals surface area contributed by atoms with Crippen LogP contribution < -0.4 is 4.57 Å². The Morgan fingerprint density at radius 1 is 0.690 bits per heavy atom. The van der Waals surface area contributed by atoms with Crippen molar-refractivity contribution in [2.75, 3.05) is 0 Å². The van der Waals surface area contributed by atoms with Gasteiger partial charge in [0.05, 0.1) is 0 Å².